The Morgan fingerprint density at radius 2 is 1.76 bits per heavy atom. The first-order valence-corrected chi connectivity index (χ1v) is 6.04. The third-order valence-electron chi connectivity index (χ3n) is 3.58. The fourth-order valence-corrected chi connectivity index (χ4v) is 2.46. The van der Waals surface area contributed by atoms with Gasteiger partial charge in [0.1, 0.15) is 0 Å². The first-order chi connectivity index (χ1) is 8.08. The predicted molar refractivity (Wildman–Crippen MR) is 68.9 cm³/mol. The van der Waals surface area contributed by atoms with E-state index >= 15 is 0 Å². The molecule has 1 heterocycles. The van der Waals surface area contributed by atoms with Gasteiger partial charge in [-0.2, -0.15) is 0 Å². The van der Waals surface area contributed by atoms with Gasteiger partial charge in [-0.25, -0.2) is 0 Å². The minimum absolute atomic E-state index is 0.179. The molecule has 0 aromatic heterocycles. The molecular formula is C14H21NO2. The number of methoxy groups -OCH3 is 2. The van der Waals surface area contributed by atoms with E-state index in [2.05, 4.69) is 31.3 Å². The quantitative estimate of drug-likeness (QED) is 0.854. The molecule has 3 heteroatoms. The molecule has 3 nitrogen and oxygen atoms in total. The van der Waals surface area contributed by atoms with Crippen LogP contribution in [0, 0.1) is 0 Å². The van der Waals surface area contributed by atoms with E-state index in [4.69, 9.17) is 9.47 Å². The second-order valence-electron chi connectivity index (χ2n) is 5.17. The molecule has 94 valence electrons. The van der Waals surface area contributed by atoms with Crippen LogP contribution in [0.1, 0.15) is 31.4 Å². The highest BCUT2D eigenvalue weighted by atomic mass is 16.5. The van der Waals surface area contributed by atoms with E-state index in [1.54, 1.807) is 14.2 Å². The van der Waals surface area contributed by atoms with Crippen LogP contribution < -0.4 is 14.8 Å². The summed E-state index contributed by atoms with van der Waals surface area (Å²) in [5.41, 5.74) is 2.85. The fourth-order valence-electron chi connectivity index (χ4n) is 2.46. The van der Waals surface area contributed by atoms with Crippen molar-refractivity contribution in [1.82, 2.24) is 5.32 Å². The number of rotatable bonds is 2. The molecule has 0 amide bonds. The van der Waals surface area contributed by atoms with E-state index in [1.165, 1.54) is 11.1 Å². The Labute approximate surface area is 103 Å². The summed E-state index contributed by atoms with van der Waals surface area (Å²) in [5.74, 6) is 1.63. The molecule has 0 saturated carbocycles. The molecule has 0 fully saturated rings. The Morgan fingerprint density at radius 3 is 2.41 bits per heavy atom. The largest absolute Gasteiger partial charge is 0.493 e. The van der Waals surface area contributed by atoms with Crippen molar-refractivity contribution in [1.29, 1.82) is 0 Å². The van der Waals surface area contributed by atoms with Crippen LogP contribution in [0.2, 0.25) is 0 Å². The maximum atomic E-state index is 5.39. The van der Waals surface area contributed by atoms with Gasteiger partial charge in [-0.3, -0.25) is 0 Å². The summed E-state index contributed by atoms with van der Waals surface area (Å²) in [5, 5.41) is 3.45. The number of ether oxygens (including phenoxy) is 2. The monoisotopic (exact) mass is 235 g/mol. The van der Waals surface area contributed by atoms with Crippen molar-refractivity contribution in [3.63, 3.8) is 0 Å². The van der Waals surface area contributed by atoms with Gasteiger partial charge < -0.3 is 14.8 Å². The maximum Gasteiger partial charge on any atom is 0.161 e. The van der Waals surface area contributed by atoms with Crippen molar-refractivity contribution in [2.75, 3.05) is 20.8 Å². The van der Waals surface area contributed by atoms with Gasteiger partial charge in [-0.15, -0.1) is 0 Å². The van der Waals surface area contributed by atoms with Gasteiger partial charge in [0.25, 0.3) is 0 Å². The van der Waals surface area contributed by atoms with Gasteiger partial charge >= 0.3 is 0 Å². The molecule has 2 rings (SSSR count). The summed E-state index contributed by atoms with van der Waals surface area (Å²) in [6.45, 7) is 6.51. The molecule has 1 aliphatic heterocycles. The van der Waals surface area contributed by atoms with Crippen molar-refractivity contribution in [2.45, 2.75) is 32.2 Å². The lowest BCUT2D eigenvalue weighted by Gasteiger charge is -2.26. The van der Waals surface area contributed by atoms with Crippen LogP contribution in [0.3, 0.4) is 0 Å². The standard InChI is InChI=1S/C14H21NO2/c1-14(2)5-6-15-9-10-7-12(16-3)13(17-4)8-11(10)14/h7-8,15H,5-6,9H2,1-4H3. The highest BCUT2D eigenvalue weighted by molar-refractivity contribution is 5.50. The fraction of sp³-hybridized carbons (Fsp3) is 0.571. The normalized spacial score (nSPS) is 18.1. The summed E-state index contributed by atoms with van der Waals surface area (Å²) < 4.78 is 10.7. The van der Waals surface area contributed by atoms with Crippen LogP contribution in [0.4, 0.5) is 0 Å². The Kier molecular flexibility index (Phi) is 3.29. The van der Waals surface area contributed by atoms with Gasteiger partial charge in [0.15, 0.2) is 11.5 Å². The van der Waals surface area contributed by atoms with Gasteiger partial charge in [-0.05, 0) is 41.6 Å². The van der Waals surface area contributed by atoms with Crippen LogP contribution in [-0.2, 0) is 12.0 Å². The van der Waals surface area contributed by atoms with Crippen LogP contribution in [0.25, 0.3) is 0 Å². The van der Waals surface area contributed by atoms with E-state index in [1.807, 2.05) is 0 Å². The molecule has 0 bridgehead atoms. The van der Waals surface area contributed by atoms with Gasteiger partial charge in [0.2, 0.25) is 0 Å². The van der Waals surface area contributed by atoms with Crippen molar-refractivity contribution in [3.05, 3.63) is 23.3 Å². The Morgan fingerprint density at radius 1 is 1.12 bits per heavy atom. The maximum absolute atomic E-state index is 5.39. The average Bonchev–Trinajstić information content (AvgIpc) is 2.46. The molecule has 1 N–H and O–H groups in total. The minimum atomic E-state index is 0.179. The third kappa shape index (κ3) is 2.25. The smallest absolute Gasteiger partial charge is 0.161 e. The van der Waals surface area contributed by atoms with Crippen LogP contribution in [0.15, 0.2) is 12.1 Å². The van der Waals surface area contributed by atoms with E-state index in [-0.39, 0.29) is 5.41 Å². The van der Waals surface area contributed by atoms with Crippen molar-refractivity contribution >= 4 is 0 Å². The third-order valence-corrected chi connectivity index (χ3v) is 3.58. The van der Waals surface area contributed by atoms with E-state index in [0.29, 0.717) is 0 Å². The number of fused-ring (bicyclic) bond motifs is 1. The topological polar surface area (TPSA) is 30.5 Å². The van der Waals surface area contributed by atoms with Gasteiger partial charge in [0.05, 0.1) is 14.2 Å². The molecule has 0 saturated heterocycles. The Bertz CT molecular complexity index is 413. The molecule has 0 radical (unpaired) electrons. The molecular weight excluding hydrogens is 214 g/mol. The summed E-state index contributed by atoms with van der Waals surface area (Å²) in [6, 6.07) is 4.22. The zero-order valence-corrected chi connectivity index (χ0v) is 11.1. The van der Waals surface area contributed by atoms with Crippen LogP contribution in [-0.4, -0.2) is 20.8 Å². The second kappa shape index (κ2) is 4.57. The van der Waals surface area contributed by atoms with E-state index < -0.39 is 0 Å². The zero-order valence-electron chi connectivity index (χ0n) is 11.1. The summed E-state index contributed by atoms with van der Waals surface area (Å²) >= 11 is 0. The summed E-state index contributed by atoms with van der Waals surface area (Å²) in [4.78, 5) is 0. The number of hydrogen-bond donors (Lipinski definition) is 1. The van der Waals surface area contributed by atoms with Crippen LogP contribution >= 0.6 is 0 Å². The number of hydrogen-bond acceptors (Lipinski definition) is 3. The Balaban J connectivity index is 2.55. The lowest BCUT2D eigenvalue weighted by atomic mass is 9.80. The summed E-state index contributed by atoms with van der Waals surface area (Å²) in [7, 11) is 3.37. The van der Waals surface area contributed by atoms with E-state index in [9.17, 15) is 0 Å². The molecule has 17 heavy (non-hydrogen) atoms. The minimum Gasteiger partial charge on any atom is -0.493 e. The predicted octanol–water partition coefficient (Wildman–Crippen LogP) is 2.47. The number of nitrogens with one attached hydrogen (secondary N) is 1. The Hall–Kier alpha value is -1.22. The molecule has 0 spiro atoms. The SMILES string of the molecule is COc1cc2c(cc1OC)C(C)(C)CCNC2. The molecule has 1 aromatic rings. The molecule has 1 aliphatic rings. The molecule has 0 aliphatic carbocycles. The summed E-state index contributed by atoms with van der Waals surface area (Å²) in [6.07, 6.45) is 1.13. The molecule has 1 aromatic carbocycles. The number of benzene rings is 1. The zero-order chi connectivity index (χ0) is 12.5. The van der Waals surface area contributed by atoms with Gasteiger partial charge in [-0.1, -0.05) is 13.8 Å². The van der Waals surface area contributed by atoms with Crippen LogP contribution in [0.5, 0.6) is 11.5 Å². The van der Waals surface area contributed by atoms with Crippen molar-refractivity contribution < 1.29 is 9.47 Å². The van der Waals surface area contributed by atoms with Crippen molar-refractivity contribution in [3.8, 4) is 11.5 Å². The highest BCUT2D eigenvalue weighted by Crippen LogP contribution is 2.38. The lowest BCUT2D eigenvalue weighted by Crippen LogP contribution is -2.20. The van der Waals surface area contributed by atoms with Gasteiger partial charge in [0, 0.05) is 6.54 Å². The molecule has 0 atom stereocenters. The van der Waals surface area contributed by atoms with E-state index in [0.717, 1.165) is 31.0 Å². The molecule has 0 unspecified atom stereocenters. The second-order valence-corrected chi connectivity index (χ2v) is 5.17. The first kappa shape index (κ1) is 12.2. The lowest BCUT2D eigenvalue weighted by molar-refractivity contribution is 0.352. The van der Waals surface area contributed by atoms with Crippen molar-refractivity contribution in [2.24, 2.45) is 0 Å². The average molecular weight is 235 g/mol. The highest BCUT2D eigenvalue weighted by Gasteiger charge is 2.27. The first-order valence-electron chi connectivity index (χ1n) is 6.04.